The normalized spacial score (nSPS) is 11.4. The van der Waals surface area contributed by atoms with Crippen molar-refractivity contribution >= 4 is 29.7 Å². The molecule has 0 spiro atoms. The number of nitrogens with two attached hydrogens (primary N) is 1. The average Bonchev–Trinajstić information content (AvgIpc) is 2.31. The number of hydrogen-bond acceptors (Lipinski definition) is 5. The Morgan fingerprint density at radius 2 is 2.11 bits per heavy atom. The number of carbonyl (C=O) groups excluding carboxylic acids is 2. The summed E-state index contributed by atoms with van der Waals surface area (Å²) in [5.41, 5.74) is 5.28. The first kappa shape index (κ1) is 16.5. The summed E-state index contributed by atoms with van der Waals surface area (Å²) in [6.07, 6.45) is 1.77. The van der Waals surface area contributed by atoms with Gasteiger partial charge in [-0.25, -0.2) is 4.79 Å². The highest BCUT2D eigenvalue weighted by molar-refractivity contribution is 7.99. The lowest BCUT2D eigenvalue weighted by atomic mass is 10.2. The number of rotatable bonds is 8. The predicted molar refractivity (Wildman–Crippen MR) is 69.3 cm³/mol. The maximum absolute atomic E-state index is 11.2. The first-order chi connectivity index (χ1) is 8.47. The Bertz CT molecular complexity index is 322. The molecule has 0 fully saturated rings. The second kappa shape index (κ2) is 9.49. The molecule has 1 atom stereocenters. The fourth-order valence-electron chi connectivity index (χ4n) is 0.870. The van der Waals surface area contributed by atoms with E-state index in [0.717, 1.165) is 0 Å². The molecule has 0 aromatic carbocycles. The van der Waals surface area contributed by atoms with Gasteiger partial charge in [-0.15, -0.1) is 6.58 Å². The van der Waals surface area contributed by atoms with Crippen LogP contribution < -0.4 is 16.4 Å². The van der Waals surface area contributed by atoms with Crippen molar-refractivity contribution in [2.75, 3.05) is 18.1 Å². The standard InChI is InChI=1S/C10H17N3O4S/c1-2-4-12-10(17)13-8(14)6-18-5-3-7(11)9(15)16/h2,7H,1,3-6,11H2,(H,15,16)(H2,12,13,14,17). The van der Waals surface area contributed by atoms with Gasteiger partial charge >= 0.3 is 12.0 Å². The van der Waals surface area contributed by atoms with Crippen molar-refractivity contribution in [2.24, 2.45) is 5.73 Å². The third kappa shape index (κ3) is 8.59. The molecular formula is C10H17N3O4S. The van der Waals surface area contributed by atoms with E-state index < -0.39 is 23.9 Å². The molecule has 0 saturated carbocycles. The molecule has 7 nitrogen and oxygen atoms in total. The molecule has 5 N–H and O–H groups in total. The van der Waals surface area contributed by atoms with Crippen molar-refractivity contribution in [3.05, 3.63) is 12.7 Å². The van der Waals surface area contributed by atoms with Crippen LogP contribution in [0.5, 0.6) is 0 Å². The molecule has 0 heterocycles. The van der Waals surface area contributed by atoms with Crippen LogP contribution in [0.3, 0.4) is 0 Å². The van der Waals surface area contributed by atoms with Crippen LogP contribution in [-0.2, 0) is 9.59 Å². The van der Waals surface area contributed by atoms with Gasteiger partial charge in [0.05, 0.1) is 5.75 Å². The zero-order valence-electron chi connectivity index (χ0n) is 9.85. The van der Waals surface area contributed by atoms with Gasteiger partial charge in [-0.3, -0.25) is 14.9 Å². The largest absolute Gasteiger partial charge is 0.480 e. The molecule has 0 bridgehead atoms. The van der Waals surface area contributed by atoms with Crippen molar-refractivity contribution in [1.82, 2.24) is 10.6 Å². The quantitative estimate of drug-likeness (QED) is 0.351. The van der Waals surface area contributed by atoms with Crippen molar-refractivity contribution < 1.29 is 19.5 Å². The molecule has 3 amide bonds. The Balaban J connectivity index is 3.62. The molecule has 0 aromatic heterocycles. The summed E-state index contributed by atoms with van der Waals surface area (Å²) >= 11 is 1.22. The lowest BCUT2D eigenvalue weighted by Crippen LogP contribution is -2.40. The van der Waals surface area contributed by atoms with E-state index in [9.17, 15) is 14.4 Å². The van der Waals surface area contributed by atoms with E-state index in [4.69, 9.17) is 10.8 Å². The summed E-state index contributed by atoms with van der Waals surface area (Å²) in [4.78, 5) is 32.7. The fourth-order valence-corrected chi connectivity index (χ4v) is 1.69. The van der Waals surface area contributed by atoms with Crippen LogP contribution in [0.1, 0.15) is 6.42 Å². The van der Waals surface area contributed by atoms with Crippen molar-refractivity contribution in [2.45, 2.75) is 12.5 Å². The molecule has 0 aromatic rings. The molecule has 0 radical (unpaired) electrons. The number of imide groups is 1. The SMILES string of the molecule is C=CCNC(=O)NC(=O)CSCCC(N)C(=O)O. The van der Waals surface area contributed by atoms with Crippen LogP contribution in [0.15, 0.2) is 12.7 Å². The van der Waals surface area contributed by atoms with Crippen LogP contribution in [0.25, 0.3) is 0 Å². The molecule has 0 aliphatic carbocycles. The van der Waals surface area contributed by atoms with Crippen LogP contribution in [0, 0.1) is 0 Å². The second-order valence-corrected chi connectivity index (χ2v) is 4.44. The van der Waals surface area contributed by atoms with Crippen molar-refractivity contribution in [3.63, 3.8) is 0 Å². The molecule has 0 aliphatic heterocycles. The predicted octanol–water partition coefficient (Wildman–Crippen LogP) is -0.467. The van der Waals surface area contributed by atoms with E-state index in [1.807, 2.05) is 0 Å². The minimum Gasteiger partial charge on any atom is -0.480 e. The van der Waals surface area contributed by atoms with Gasteiger partial charge in [0.25, 0.3) is 0 Å². The molecule has 1 unspecified atom stereocenters. The Morgan fingerprint density at radius 1 is 1.44 bits per heavy atom. The number of thioether (sulfide) groups is 1. The number of amides is 3. The topological polar surface area (TPSA) is 122 Å². The van der Waals surface area contributed by atoms with Gasteiger partial charge in [-0.2, -0.15) is 11.8 Å². The highest BCUT2D eigenvalue weighted by atomic mass is 32.2. The van der Waals surface area contributed by atoms with E-state index in [1.165, 1.54) is 17.8 Å². The van der Waals surface area contributed by atoms with Crippen LogP contribution >= 0.6 is 11.8 Å². The van der Waals surface area contributed by atoms with Crippen molar-refractivity contribution in [3.8, 4) is 0 Å². The minimum absolute atomic E-state index is 0.0772. The summed E-state index contributed by atoms with van der Waals surface area (Å²) in [6, 6.07) is -1.50. The molecule has 102 valence electrons. The fraction of sp³-hybridized carbons (Fsp3) is 0.500. The molecule has 0 rings (SSSR count). The average molecular weight is 275 g/mol. The molecule has 0 aliphatic rings. The maximum Gasteiger partial charge on any atom is 0.321 e. The number of carboxylic acids is 1. The molecular weight excluding hydrogens is 258 g/mol. The van der Waals surface area contributed by atoms with E-state index in [-0.39, 0.29) is 18.7 Å². The van der Waals surface area contributed by atoms with Gasteiger partial charge < -0.3 is 16.2 Å². The summed E-state index contributed by atoms with van der Waals surface area (Å²) in [6.45, 7) is 3.69. The smallest absolute Gasteiger partial charge is 0.321 e. The number of carbonyl (C=O) groups is 3. The lowest BCUT2D eigenvalue weighted by molar-refractivity contribution is -0.138. The number of carboxylic acid groups (broad SMARTS) is 1. The Kier molecular flexibility index (Phi) is 8.67. The highest BCUT2D eigenvalue weighted by Crippen LogP contribution is 2.03. The summed E-state index contributed by atoms with van der Waals surface area (Å²) < 4.78 is 0. The third-order valence-corrected chi connectivity index (χ3v) is 2.77. The monoisotopic (exact) mass is 275 g/mol. The summed E-state index contributed by atoms with van der Waals surface area (Å²) in [5, 5.41) is 13.0. The molecule has 18 heavy (non-hydrogen) atoms. The van der Waals surface area contributed by atoms with E-state index >= 15 is 0 Å². The minimum atomic E-state index is -1.07. The van der Waals surface area contributed by atoms with Gasteiger partial charge in [0, 0.05) is 6.54 Å². The van der Waals surface area contributed by atoms with E-state index in [2.05, 4.69) is 17.2 Å². The van der Waals surface area contributed by atoms with Gasteiger partial charge in [0.2, 0.25) is 5.91 Å². The lowest BCUT2D eigenvalue weighted by Gasteiger charge is -2.06. The van der Waals surface area contributed by atoms with E-state index in [1.54, 1.807) is 0 Å². The number of hydrogen-bond donors (Lipinski definition) is 4. The first-order valence-corrected chi connectivity index (χ1v) is 6.37. The third-order valence-electron chi connectivity index (χ3n) is 1.78. The summed E-state index contributed by atoms with van der Waals surface area (Å²) in [7, 11) is 0. The Morgan fingerprint density at radius 3 is 2.67 bits per heavy atom. The molecule has 0 saturated heterocycles. The zero-order valence-corrected chi connectivity index (χ0v) is 10.7. The summed E-state index contributed by atoms with van der Waals surface area (Å²) in [5.74, 6) is -0.988. The number of aliphatic carboxylic acids is 1. The Hall–Kier alpha value is -1.54. The number of urea groups is 1. The van der Waals surface area contributed by atoms with Gasteiger partial charge in [0.15, 0.2) is 0 Å². The van der Waals surface area contributed by atoms with Crippen LogP contribution in [-0.4, -0.2) is 47.1 Å². The number of nitrogens with one attached hydrogen (secondary N) is 2. The molecule has 8 heteroatoms. The second-order valence-electron chi connectivity index (χ2n) is 3.33. The maximum atomic E-state index is 11.2. The van der Waals surface area contributed by atoms with Crippen molar-refractivity contribution in [1.29, 1.82) is 0 Å². The van der Waals surface area contributed by atoms with Gasteiger partial charge in [0.1, 0.15) is 6.04 Å². The highest BCUT2D eigenvalue weighted by Gasteiger charge is 2.11. The van der Waals surface area contributed by atoms with Gasteiger partial charge in [-0.1, -0.05) is 6.08 Å². The van der Waals surface area contributed by atoms with E-state index in [0.29, 0.717) is 5.75 Å². The first-order valence-electron chi connectivity index (χ1n) is 5.22. The van der Waals surface area contributed by atoms with Gasteiger partial charge in [-0.05, 0) is 12.2 Å². The van der Waals surface area contributed by atoms with Crippen LogP contribution in [0.4, 0.5) is 4.79 Å². The Labute approximate surface area is 109 Å². The zero-order chi connectivity index (χ0) is 14.0. The van der Waals surface area contributed by atoms with Crippen LogP contribution in [0.2, 0.25) is 0 Å².